The normalized spacial score (nSPS) is 11.7. The van der Waals surface area contributed by atoms with E-state index in [1.807, 2.05) is 12.2 Å². The van der Waals surface area contributed by atoms with Crippen molar-refractivity contribution in [1.29, 1.82) is 0 Å². The molecular formula is C20H19NO2. The number of carbonyl (C=O) groups is 2. The largest absolute Gasteiger partial charge is 0.310 e. The molecule has 1 aliphatic rings. The van der Waals surface area contributed by atoms with Crippen molar-refractivity contribution in [2.24, 2.45) is 0 Å². The summed E-state index contributed by atoms with van der Waals surface area (Å²) in [6, 6.07) is 13.9. The van der Waals surface area contributed by atoms with Crippen LogP contribution in [0.2, 0.25) is 0 Å². The molecule has 0 saturated carbocycles. The maximum absolute atomic E-state index is 12.1. The van der Waals surface area contributed by atoms with E-state index in [2.05, 4.69) is 18.5 Å². The van der Waals surface area contributed by atoms with Crippen LogP contribution in [0.1, 0.15) is 31.8 Å². The Kier molecular flexibility index (Phi) is 5.78. The van der Waals surface area contributed by atoms with Gasteiger partial charge in [0.1, 0.15) is 0 Å². The van der Waals surface area contributed by atoms with E-state index in [4.69, 9.17) is 0 Å². The third kappa shape index (κ3) is 3.71. The van der Waals surface area contributed by atoms with Gasteiger partial charge in [0.15, 0.2) is 11.6 Å². The molecule has 2 aromatic carbocycles. The molecule has 0 spiro atoms. The highest BCUT2D eigenvalue weighted by Gasteiger charge is 2.28. The molecule has 116 valence electrons. The van der Waals surface area contributed by atoms with E-state index in [0.29, 0.717) is 22.3 Å². The molecule has 0 aliphatic heterocycles. The highest BCUT2D eigenvalue weighted by molar-refractivity contribution is 6.28. The van der Waals surface area contributed by atoms with Gasteiger partial charge in [-0.25, -0.2) is 0 Å². The molecule has 1 N–H and O–H groups in total. The first-order valence-electron chi connectivity index (χ1n) is 7.40. The average Bonchev–Trinajstić information content (AvgIpc) is 2.61. The van der Waals surface area contributed by atoms with Gasteiger partial charge in [-0.3, -0.25) is 9.59 Å². The van der Waals surface area contributed by atoms with Crippen LogP contribution in [0.4, 0.5) is 0 Å². The lowest BCUT2D eigenvalue weighted by atomic mass is 9.84. The molecule has 0 heterocycles. The van der Waals surface area contributed by atoms with Gasteiger partial charge in [0.2, 0.25) is 0 Å². The van der Waals surface area contributed by atoms with Gasteiger partial charge in [-0.05, 0) is 0 Å². The first-order valence-corrected chi connectivity index (χ1v) is 7.40. The summed E-state index contributed by atoms with van der Waals surface area (Å²) in [5, 5.41) is 3.05. The van der Waals surface area contributed by atoms with Crippen LogP contribution >= 0.6 is 0 Å². The first-order chi connectivity index (χ1) is 11.2. The fourth-order valence-corrected chi connectivity index (χ4v) is 2.34. The Morgan fingerprint density at radius 2 is 1.00 bits per heavy atom. The Labute approximate surface area is 136 Å². The van der Waals surface area contributed by atoms with Gasteiger partial charge < -0.3 is 5.32 Å². The smallest absolute Gasteiger partial charge is 0.194 e. The minimum Gasteiger partial charge on any atom is -0.310 e. The number of hydrogen-bond acceptors (Lipinski definition) is 3. The van der Waals surface area contributed by atoms with Gasteiger partial charge >= 0.3 is 0 Å². The number of hydrogen-bond donors (Lipinski definition) is 1. The fraction of sp³-hybridized carbons (Fsp3) is 0.100. The molecule has 0 fully saturated rings. The molecule has 1 aliphatic carbocycles. The Bertz CT molecular complexity index is 633. The van der Waals surface area contributed by atoms with Crippen LogP contribution in [0.25, 0.3) is 0 Å². The van der Waals surface area contributed by atoms with Crippen LogP contribution in [-0.4, -0.2) is 24.7 Å². The van der Waals surface area contributed by atoms with Crippen LogP contribution in [0.3, 0.4) is 0 Å². The van der Waals surface area contributed by atoms with Gasteiger partial charge in [-0.1, -0.05) is 60.7 Å². The summed E-state index contributed by atoms with van der Waals surface area (Å²) in [5.74, 6) is -0.128. The summed E-state index contributed by atoms with van der Waals surface area (Å²) in [6.45, 7) is 8.81. The van der Waals surface area contributed by atoms with E-state index in [0.717, 1.165) is 13.1 Å². The van der Waals surface area contributed by atoms with Crippen LogP contribution in [0.5, 0.6) is 0 Å². The first kappa shape index (κ1) is 16.6. The quantitative estimate of drug-likeness (QED) is 0.593. The van der Waals surface area contributed by atoms with Crippen molar-refractivity contribution in [2.45, 2.75) is 0 Å². The Hall–Kier alpha value is -2.78. The van der Waals surface area contributed by atoms with Crippen LogP contribution in [0, 0.1) is 0 Å². The maximum atomic E-state index is 12.1. The van der Waals surface area contributed by atoms with Crippen LogP contribution < -0.4 is 5.32 Å². The maximum Gasteiger partial charge on any atom is 0.194 e. The van der Waals surface area contributed by atoms with E-state index in [1.165, 1.54) is 0 Å². The van der Waals surface area contributed by atoms with Gasteiger partial charge in [0.05, 0.1) is 0 Å². The lowest BCUT2D eigenvalue weighted by Gasteiger charge is -2.16. The van der Waals surface area contributed by atoms with Gasteiger partial charge in [0.25, 0.3) is 0 Å². The summed E-state index contributed by atoms with van der Waals surface area (Å²) in [4.78, 5) is 24.2. The minimum absolute atomic E-state index is 0.0641. The van der Waals surface area contributed by atoms with Crippen molar-refractivity contribution in [3.05, 3.63) is 96.1 Å². The zero-order chi connectivity index (χ0) is 16.7. The molecule has 3 rings (SSSR count). The molecule has 0 bridgehead atoms. The van der Waals surface area contributed by atoms with Crippen LogP contribution in [-0.2, 0) is 0 Å². The van der Waals surface area contributed by atoms with Gasteiger partial charge in [0, 0.05) is 35.3 Å². The molecule has 0 atom stereocenters. The van der Waals surface area contributed by atoms with Gasteiger partial charge in [-0.2, -0.15) is 0 Å². The minimum atomic E-state index is -0.0641. The zero-order valence-electron chi connectivity index (χ0n) is 12.9. The van der Waals surface area contributed by atoms with E-state index in [9.17, 15) is 9.59 Å². The van der Waals surface area contributed by atoms with Gasteiger partial charge in [-0.15, -0.1) is 13.2 Å². The predicted octanol–water partition coefficient (Wildman–Crippen LogP) is 3.41. The third-order valence-corrected chi connectivity index (χ3v) is 3.41. The highest BCUT2D eigenvalue weighted by atomic mass is 16.1. The number of ketones is 2. The topological polar surface area (TPSA) is 46.2 Å². The Morgan fingerprint density at radius 3 is 1.26 bits per heavy atom. The van der Waals surface area contributed by atoms with Crippen LogP contribution in [0.15, 0.2) is 73.8 Å². The fourth-order valence-electron chi connectivity index (χ4n) is 2.34. The highest BCUT2D eigenvalue weighted by Crippen LogP contribution is 2.26. The molecule has 0 aromatic heterocycles. The summed E-state index contributed by atoms with van der Waals surface area (Å²) in [5.41, 5.74) is 2.02. The molecule has 23 heavy (non-hydrogen) atoms. The molecule has 2 aromatic rings. The molecule has 3 nitrogen and oxygen atoms in total. The number of benzene rings is 2. The lowest BCUT2D eigenvalue weighted by molar-refractivity contribution is 0.0979. The Morgan fingerprint density at radius 1 is 0.696 bits per heavy atom. The SMILES string of the molecule is C=CCNCC=C.O=C1c2ccccc2C(=O)c2ccccc21. The van der Waals surface area contributed by atoms with E-state index in [-0.39, 0.29) is 11.6 Å². The summed E-state index contributed by atoms with van der Waals surface area (Å²) >= 11 is 0. The number of nitrogens with one attached hydrogen (secondary N) is 1. The van der Waals surface area contributed by atoms with Crippen molar-refractivity contribution in [2.75, 3.05) is 13.1 Å². The zero-order valence-corrected chi connectivity index (χ0v) is 12.9. The lowest BCUT2D eigenvalue weighted by Crippen LogP contribution is -2.20. The summed E-state index contributed by atoms with van der Waals surface area (Å²) in [6.07, 6.45) is 3.65. The Balaban J connectivity index is 0.000000236. The molecule has 3 heteroatoms. The number of fused-ring (bicyclic) bond motifs is 2. The molecule has 0 unspecified atom stereocenters. The summed E-state index contributed by atoms with van der Waals surface area (Å²) < 4.78 is 0. The van der Waals surface area contributed by atoms with E-state index < -0.39 is 0 Å². The van der Waals surface area contributed by atoms with Crippen molar-refractivity contribution in [1.82, 2.24) is 5.32 Å². The standard InChI is InChI=1S/C14H8O2.C6H11N/c15-13-9-5-1-2-6-10(9)14(16)12-8-4-3-7-11(12)13;1-3-5-7-6-4-2/h1-8H;3-4,7H,1-2,5-6H2. The van der Waals surface area contributed by atoms with Crippen molar-refractivity contribution < 1.29 is 9.59 Å². The number of rotatable bonds is 4. The number of carbonyl (C=O) groups excluding carboxylic acids is 2. The molecule has 0 radical (unpaired) electrons. The van der Waals surface area contributed by atoms with Crippen molar-refractivity contribution in [3.63, 3.8) is 0 Å². The third-order valence-electron chi connectivity index (χ3n) is 3.41. The second-order valence-electron chi connectivity index (χ2n) is 4.99. The predicted molar refractivity (Wildman–Crippen MR) is 93.0 cm³/mol. The molecular weight excluding hydrogens is 286 g/mol. The second-order valence-corrected chi connectivity index (χ2v) is 4.99. The molecule has 0 amide bonds. The second kappa shape index (κ2) is 8.01. The summed E-state index contributed by atoms with van der Waals surface area (Å²) in [7, 11) is 0. The van der Waals surface area contributed by atoms with Crippen molar-refractivity contribution >= 4 is 11.6 Å². The van der Waals surface area contributed by atoms with Crippen molar-refractivity contribution in [3.8, 4) is 0 Å². The monoisotopic (exact) mass is 305 g/mol. The average molecular weight is 305 g/mol. The molecule has 0 saturated heterocycles. The van der Waals surface area contributed by atoms with E-state index >= 15 is 0 Å². The van der Waals surface area contributed by atoms with E-state index in [1.54, 1.807) is 48.5 Å².